The molecule has 0 aromatic carbocycles. The molecule has 84 valence electrons. The largest absolute Gasteiger partial charge is 0.390 e. The van der Waals surface area contributed by atoms with Crippen molar-refractivity contribution in [3.05, 3.63) is 0 Å². The van der Waals surface area contributed by atoms with Gasteiger partial charge >= 0.3 is 0 Å². The van der Waals surface area contributed by atoms with Gasteiger partial charge in [0.15, 0.2) is 0 Å². The average Bonchev–Trinajstić information content (AvgIpc) is 2.16. The molecule has 0 aliphatic carbocycles. The molecule has 0 bridgehead atoms. The fraction of sp³-hybridized carbons (Fsp3) is 1.00. The van der Waals surface area contributed by atoms with Crippen molar-refractivity contribution in [3.8, 4) is 0 Å². The maximum Gasteiger partial charge on any atom is 0.0791 e. The molecular weight excluding hydrogens is 196 g/mol. The highest BCUT2D eigenvalue weighted by molar-refractivity contribution is 7.99. The second-order valence-electron chi connectivity index (χ2n) is 4.13. The summed E-state index contributed by atoms with van der Waals surface area (Å²) in [7, 11) is 0. The Morgan fingerprint density at radius 1 is 1.36 bits per heavy atom. The van der Waals surface area contributed by atoms with Gasteiger partial charge in [-0.2, -0.15) is 11.8 Å². The molecule has 0 aromatic rings. The zero-order valence-corrected chi connectivity index (χ0v) is 10.0. The highest BCUT2D eigenvalue weighted by atomic mass is 32.2. The first kappa shape index (κ1) is 12.3. The lowest BCUT2D eigenvalue weighted by Crippen LogP contribution is -2.43. The summed E-state index contributed by atoms with van der Waals surface area (Å²) >= 11 is 2.01. The maximum atomic E-state index is 9.74. The van der Waals surface area contributed by atoms with Gasteiger partial charge in [-0.15, -0.1) is 0 Å². The fourth-order valence-electron chi connectivity index (χ4n) is 1.52. The van der Waals surface area contributed by atoms with E-state index in [0.29, 0.717) is 12.6 Å². The summed E-state index contributed by atoms with van der Waals surface area (Å²) < 4.78 is 0. The summed E-state index contributed by atoms with van der Waals surface area (Å²) in [4.78, 5) is 2.35. The maximum absolute atomic E-state index is 9.74. The average molecular weight is 218 g/mol. The number of hydrogen-bond acceptors (Lipinski definition) is 4. The molecule has 0 aromatic heterocycles. The summed E-state index contributed by atoms with van der Waals surface area (Å²) in [5, 5.41) is 13.0. The third-order valence-electron chi connectivity index (χ3n) is 2.33. The van der Waals surface area contributed by atoms with Gasteiger partial charge in [0.05, 0.1) is 6.10 Å². The van der Waals surface area contributed by atoms with Crippen LogP contribution in [-0.2, 0) is 0 Å². The van der Waals surface area contributed by atoms with Crippen LogP contribution in [0.5, 0.6) is 0 Å². The van der Waals surface area contributed by atoms with E-state index in [0.717, 1.165) is 19.6 Å². The van der Waals surface area contributed by atoms with Crippen LogP contribution in [0.15, 0.2) is 0 Å². The first-order chi connectivity index (χ1) is 6.68. The Morgan fingerprint density at radius 2 is 2.00 bits per heavy atom. The van der Waals surface area contributed by atoms with Crippen LogP contribution < -0.4 is 5.32 Å². The van der Waals surface area contributed by atoms with E-state index < -0.39 is 0 Å². The topological polar surface area (TPSA) is 35.5 Å². The lowest BCUT2D eigenvalue weighted by atomic mass is 10.3. The highest BCUT2D eigenvalue weighted by Gasteiger charge is 2.14. The molecule has 0 spiro atoms. The van der Waals surface area contributed by atoms with Gasteiger partial charge < -0.3 is 10.4 Å². The lowest BCUT2D eigenvalue weighted by Gasteiger charge is -2.28. The SMILES string of the molecule is CC(C)NCC(O)CN1CCSCC1. The number of aliphatic hydroxyl groups is 1. The lowest BCUT2D eigenvalue weighted by molar-refractivity contribution is 0.115. The van der Waals surface area contributed by atoms with Crippen molar-refractivity contribution in [2.75, 3.05) is 37.7 Å². The van der Waals surface area contributed by atoms with E-state index in [1.54, 1.807) is 0 Å². The quantitative estimate of drug-likeness (QED) is 0.700. The van der Waals surface area contributed by atoms with Gasteiger partial charge in [-0.25, -0.2) is 0 Å². The van der Waals surface area contributed by atoms with Gasteiger partial charge in [0.1, 0.15) is 0 Å². The number of nitrogens with one attached hydrogen (secondary N) is 1. The predicted octanol–water partition coefficient (Wildman–Crippen LogP) is 0.394. The third-order valence-corrected chi connectivity index (χ3v) is 3.28. The van der Waals surface area contributed by atoms with Gasteiger partial charge in [0.25, 0.3) is 0 Å². The Hall–Kier alpha value is 0.230. The molecular formula is C10H22N2OS. The Morgan fingerprint density at radius 3 is 2.57 bits per heavy atom. The summed E-state index contributed by atoms with van der Waals surface area (Å²) in [6, 6.07) is 0.460. The summed E-state index contributed by atoms with van der Waals surface area (Å²) in [5.41, 5.74) is 0. The minimum atomic E-state index is -0.222. The number of aliphatic hydroxyl groups excluding tert-OH is 1. The van der Waals surface area contributed by atoms with Crippen molar-refractivity contribution in [1.29, 1.82) is 0 Å². The van der Waals surface area contributed by atoms with Gasteiger partial charge in [0.2, 0.25) is 0 Å². The van der Waals surface area contributed by atoms with Gasteiger partial charge in [-0.3, -0.25) is 4.90 Å². The van der Waals surface area contributed by atoms with Crippen molar-refractivity contribution in [1.82, 2.24) is 10.2 Å². The smallest absolute Gasteiger partial charge is 0.0791 e. The van der Waals surface area contributed by atoms with Crippen LogP contribution in [0.2, 0.25) is 0 Å². The Kier molecular flexibility index (Phi) is 5.86. The molecule has 1 aliphatic heterocycles. The number of nitrogens with zero attached hydrogens (tertiary/aromatic N) is 1. The number of hydrogen-bond donors (Lipinski definition) is 2. The molecule has 2 N–H and O–H groups in total. The van der Waals surface area contributed by atoms with Crippen LogP contribution in [0.3, 0.4) is 0 Å². The second-order valence-corrected chi connectivity index (χ2v) is 5.35. The Bertz CT molecular complexity index is 149. The summed E-state index contributed by atoms with van der Waals surface area (Å²) in [5.74, 6) is 2.43. The molecule has 14 heavy (non-hydrogen) atoms. The molecule has 1 aliphatic rings. The van der Waals surface area contributed by atoms with Crippen molar-refractivity contribution in [2.45, 2.75) is 26.0 Å². The fourth-order valence-corrected chi connectivity index (χ4v) is 2.50. The molecule has 1 fully saturated rings. The molecule has 3 nitrogen and oxygen atoms in total. The number of β-amino-alcohol motifs (C(OH)–C–C–N with tert-alkyl or cyclic N) is 1. The summed E-state index contributed by atoms with van der Waals surface area (Å²) in [6.45, 7) is 7.99. The summed E-state index contributed by atoms with van der Waals surface area (Å²) in [6.07, 6.45) is -0.222. The van der Waals surface area contributed by atoms with E-state index in [4.69, 9.17) is 0 Å². The number of thioether (sulfide) groups is 1. The van der Waals surface area contributed by atoms with Crippen LogP contribution in [0.25, 0.3) is 0 Å². The molecule has 0 radical (unpaired) electrons. The highest BCUT2D eigenvalue weighted by Crippen LogP contribution is 2.09. The zero-order chi connectivity index (χ0) is 10.4. The monoisotopic (exact) mass is 218 g/mol. The minimum Gasteiger partial charge on any atom is -0.390 e. The van der Waals surface area contributed by atoms with E-state index in [1.165, 1.54) is 11.5 Å². The van der Waals surface area contributed by atoms with Crippen LogP contribution in [0, 0.1) is 0 Å². The Balaban J connectivity index is 2.09. The molecule has 4 heteroatoms. The van der Waals surface area contributed by atoms with E-state index in [1.807, 2.05) is 11.8 Å². The normalized spacial score (nSPS) is 21.4. The van der Waals surface area contributed by atoms with Gasteiger partial charge in [0, 0.05) is 43.7 Å². The van der Waals surface area contributed by atoms with E-state index in [9.17, 15) is 5.11 Å². The van der Waals surface area contributed by atoms with Gasteiger partial charge in [-0.05, 0) is 0 Å². The van der Waals surface area contributed by atoms with Crippen molar-refractivity contribution < 1.29 is 5.11 Å². The van der Waals surface area contributed by atoms with Crippen LogP contribution in [0.4, 0.5) is 0 Å². The Labute approximate surface area is 91.2 Å². The zero-order valence-electron chi connectivity index (χ0n) is 9.20. The van der Waals surface area contributed by atoms with Crippen LogP contribution >= 0.6 is 11.8 Å². The first-order valence-electron chi connectivity index (χ1n) is 5.40. The minimum absolute atomic E-state index is 0.222. The molecule has 0 saturated carbocycles. The first-order valence-corrected chi connectivity index (χ1v) is 6.55. The molecule has 1 heterocycles. The van der Waals surface area contributed by atoms with E-state index in [2.05, 4.69) is 24.1 Å². The van der Waals surface area contributed by atoms with Crippen molar-refractivity contribution in [2.24, 2.45) is 0 Å². The van der Waals surface area contributed by atoms with Crippen LogP contribution in [0.1, 0.15) is 13.8 Å². The molecule has 1 rings (SSSR count). The van der Waals surface area contributed by atoms with E-state index in [-0.39, 0.29) is 6.10 Å². The van der Waals surface area contributed by atoms with Crippen molar-refractivity contribution >= 4 is 11.8 Å². The second kappa shape index (κ2) is 6.67. The van der Waals surface area contributed by atoms with Gasteiger partial charge in [-0.1, -0.05) is 13.8 Å². The van der Waals surface area contributed by atoms with Crippen LogP contribution in [-0.4, -0.2) is 59.8 Å². The standard InChI is InChI=1S/C10H22N2OS/c1-9(2)11-7-10(13)8-12-3-5-14-6-4-12/h9-11,13H,3-8H2,1-2H3. The molecule has 0 amide bonds. The molecule has 1 unspecified atom stereocenters. The van der Waals surface area contributed by atoms with E-state index >= 15 is 0 Å². The number of rotatable bonds is 5. The predicted molar refractivity (Wildman–Crippen MR) is 62.9 cm³/mol. The molecule has 1 atom stereocenters. The van der Waals surface area contributed by atoms with Crippen molar-refractivity contribution in [3.63, 3.8) is 0 Å². The third kappa shape index (κ3) is 5.20. The molecule has 1 saturated heterocycles.